The molecule has 1 aliphatic heterocycles. The van der Waals surface area contributed by atoms with Crippen molar-refractivity contribution >= 4 is 28.6 Å². The van der Waals surface area contributed by atoms with E-state index in [0.717, 1.165) is 19.3 Å². The minimum Gasteiger partial charge on any atom is -0.494 e. The van der Waals surface area contributed by atoms with Crippen LogP contribution in [0, 0.1) is 5.92 Å². The normalized spacial score (nSPS) is 16.3. The summed E-state index contributed by atoms with van der Waals surface area (Å²) >= 11 is 0. The summed E-state index contributed by atoms with van der Waals surface area (Å²) in [5.74, 6) is 0.0159. The van der Waals surface area contributed by atoms with Gasteiger partial charge in [0.1, 0.15) is 11.9 Å². The number of pyridine rings is 1. The summed E-state index contributed by atoms with van der Waals surface area (Å²) in [6.07, 6.45) is 3.29. The summed E-state index contributed by atoms with van der Waals surface area (Å²) in [4.78, 5) is 42.5. The van der Waals surface area contributed by atoms with Crippen LogP contribution < -0.4 is 15.4 Å². The quantitative estimate of drug-likeness (QED) is 0.490. The van der Waals surface area contributed by atoms with Crippen molar-refractivity contribution in [1.29, 1.82) is 0 Å². The average molecular weight is 473 g/mol. The lowest BCUT2D eigenvalue weighted by Gasteiger charge is -2.16. The number of ether oxygens (including phenoxy) is 1. The number of fused-ring (bicyclic) bond motifs is 1. The zero-order valence-electron chi connectivity index (χ0n) is 19.8. The fourth-order valence-electron chi connectivity index (χ4n) is 3.71. The fraction of sp³-hybridized carbons (Fsp3) is 0.520. The number of carbonyl (C=O) groups excluding carboxylic acids is 3. The van der Waals surface area contributed by atoms with Crippen LogP contribution in [0.5, 0.6) is 5.75 Å². The van der Waals surface area contributed by atoms with Crippen LogP contribution in [0.2, 0.25) is 0 Å². The molecule has 0 spiro atoms. The third-order valence-corrected chi connectivity index (χ3v) is 6.04. The van der Waals surface area contributed by atoms with Gasteiger partial charge in [-0.2, -0.15) is 0 Å². The van der Waals surface area contributed by atoms with E-state index in [9.17, 15) is 18.8 Å². The van der Waals surface area contributed by atoms with Gasteiger partial charge >= 0.3 is 0 Å². The number of amides is 3. The molecule has 0 saturated carbocycles. The van der Waals surface area contributed by atoms with E-state index in [4.69, 9.17) is 4.74 Å². The number of aromatic nitrogens is 1. The summed E-state index contributed by atoms with van der Waals surface area (Å²) in [5, 5.41) is 6.18. The molecule has 0 radical (unpaired) electrons. The molecule has 184 valence electrons. The number of hydrogen-bond acceptors (Lipinski definition) is 5. The summed E-state index contributed by atoms with van der Waals surface area (Å²) in [6, 6.07) is 6.94. The fourth-order valence-corrected chi connectivity index (χ4v) is 3.71. The molecular weight excluding hydrogens is 439 g/mol. The van der Waals surface area contributed by atoms with Crippen LogP contribution in [0.4, 0.5) is 4.39 Å². The molecule has 1 aliphatic rings. The monoisotopic (exact) mass is 472 g/mol. The van der Waals surface area contributed by atoms with Crippen LogP contribution in [-0.2, 0) is 9.59 Å². The Morgan fingerprint density at radius 2 is 2.06 bits per heavy atom. The Morgan fingerprint density at radius 1 is 1.24 bits per heavy atom. The van der Waals surface area contributed by atoms with Crippen molar-refractivity contribution in [3.63, 3.8) is 0 Å². The van der Waals surface area contributed by atoms with Crippen LogP contribution in [-0.4, -0.2) is 66.6 Å². The predicted molar refractivity (Wildman–Crippen MR) is 127 cm³/mol. The molecule has 2 N–H and O–H groups in total. The van der Waals surface area contributed by atoms with Crippen molar-refractivity contribution in [2.75, 3.05) is 32.8 Å². The Morgan fingerprint density at radius 3 is 2.79 bits per heavy atom. The Labute approximate surface area is 199 Å². The molecule has 2 aromatic rings. The van der Waals surface area contributed by atoms with Gasteiger partial charge in [-0.25, -0.2) is 4.39 Å². The molecule has 0 bridgehead atoms. The third-order valence-electron chi connectivity index (χ3n) is 6.04. The molecule has 2 heterocycles. The smallest absolute Gasteiger partial charge is 0.252 e. The summed E-state index contributed by atoms with van der Waals surface area (Å²) < 4.78 is 19.1. The highest BCUT2D eigenvalue weighted by atomic mass is 19.1. The number of unbranched alkanes of at least 4 members (excludes halogenated alkanes) is 1. The van der Waals surface area contributed by atoms with Crippen molar-refractivity contribution in [1.82, 2.24) is 20.5 Å². The van der Waals surface area contributed by atoms with E-state index in [0.29, 0.717) is 48.3 Å². The lowest BCUT2D eigenvalue weighted by Crippen LogP contribution is -2.39. The molecule has 1 saturated heterocycles. The molecule has 1 aromatic heterocycles. The van der Waals surface area contributed by atoms with Crippen LogP contribution in [0.25, 0.3) is 10.9 Å². The molecule has 2 atom stereocenters. The number of benzene rings is 1. The number of carbonyl (C=O) groups is 3. The van der Waals surface area contributed by atoms with Gasteiger partial charge in [-0.05, 0) is 49.9 Å². The predicted octanol–water partition coefficient (Wildman–Crippen LogP) is 2.86. The molecule has 3 rings (SSSR count). The standard InChI is InChI=1S/C25H33FN4O4/c1-3-17(2)24(32)28-10-4-5-13-34-19-6-7-22-21(14-19)20(8-11-27-22)25(33)29-15-23(31)30-12-9-18(26)16-30/h6-8,11,14,17-18H,3-5,9-10,12-13,15-16H2,1-2H3,(H,28,32)(H,29,33). The maximum atomic E-state index is 13.3. The molecule has 8 nitrogen and oxygen atoms in total. The van der Waals surface area contributed by atoms with Gasteiger partial charge in [-0.1, -0.05) is 13.8 Å². The van der Waals surface area contributed by atoms with Gasteiger partial charge in [0.25, 0.3) is 5.91 Å². The van der Waals surface area contributed by atoms with E-state index in [2.05, 4.69) is 15.6 Å². The third kappa shape index (κ3) is 6.88. The number of hydrogen-bond donors (Lipinski definition) is 2. The molecular formula is C25H33FN4O4. The average Bonchev–Trinajstić information content (AvgIpc) is 3.29. The van der Waals surface area contributed by atoms with Crippen LogP contribution in [0.3, 0.4) is 0 Å². The molecule has 1 aromatic carbocycles. The number of nitrogens with zero attached hydrogens (tertiary/aromatic N) is 2. The van der Waals surface area contributed by atoms with Gasteiger partial charge in [0.15, 0.2) is 0 Å². The van der Waals surface area contributed by atoms with E-state index < -0.39 is 12.1 Å². The first kappa shape index (κ1) is 25.4. The highest BCUT2D eigenvalue weighted by molar-refractivity contribution is 6.07. The van der Waals surface area contributed by atoms with Crippen LogP contribution in [0.1, 0.15) is 49.9 Å². The largest absolute Gasteiger partial charge is 0.494 e. The van der Waals surface area contributed by atoms with Gasteiger partial charge in [-0.15, -0.1) is 0 Å². The Hall–Kier alpha value is -3.23. The maximum absolute atomic E-state index is 13.3. The second-order valence-electron chi connectivity index (χ2n) is 8.60. The van der Waals surface area contributed by atoms with Crippen LogP contribution >= 0.6 is 0 Å². The van der Waals surface area contributed by atoms with E-state index in [1.807, 2.05) is 13.8 Å². The SMILES string of the molecule is CCC(C)C(=O)NCCCCOc1ccc2nccc(C(=O)NCC(=O)N3CCC(F)C3)c2c1. The van der Waals surface area contributed by atoms with Crippen LogP contribution in [0.15, 0.2) is 30.5 Å². The van der Waals surface area contributed by atoms with E-state index in [-0.39, 0.29) is 30.8 Å². The molecule has 0 aliphatic carbocycles. The summed E-state index contributed by atoms with van der Waals surface area (Å²) in [5.41, 5.74) is 1.03. The lowest BCUT2D eigenvalue weighted by molar-refractivity contribution is -0.129. The van der Waals surface area contributed by atoms with E-state index in [1.165, 1.54) is 4.90 Å². The molecule has 34 heavy (non-hydrogen) atoms. The number of likely N-dealkylation sites (tertiary alicyclic amines) is 1. The van der Waals surface area contributed by atoms with Gasteiger partial charge < -0.3 is 20.3 Å². The molecule has 3 amide bonds. The first-order chi connectivity index (χ1) is 16.4. The number of nitrogens with one attached hydrogen (secondary N) is 2. The van der Waals surface area contributed by atoms with Crippen molar-refractivity contribution in [3.05, 3.63) is 36.0 Å². The highest BCUT2D eigenvalue weighted by Gasteiger charge is 2.26. The summed E-state index contributed by atoms with van der Waals surface area (Å²) in [7, 11) is 0. The zero-order valence-corrected chi connectivity index (χ0v) is 19.8. The number of rotatable bonds is 11. The molecule has 9 heteroatoms. The minimum absolute atomic E-state index is 0.0229. The second-order valence-corrected chi connectivity index (χ2v) is 8.60. The van der Waals surface area contributed by atoms with Gasteiger partial charge in [0.2, 0.25) is 11.8 Å². The Bertz CT molecular complexity index is 1020. The number of alkyl halides is 1. The highest BCUT2D eigenvalue weighted by Crippen LogP contribution is 2.23. The Balaban J connectivity index is 1.51. The molecule has 2 unspecified atom stereocenters. The van der Waals surface area contributed by atoms with E-state index in [1.54, 1.807) is 30.5 Å². The zero-order chi connectivity index (χ0) is 24.5. The van der Waals surface area contributed by atoms with Gasteiger partial charge in [0.05, 0.1) is 30.8 Å². The summed E-state index contributed by atoms with van der Waals surface area (Å²) in [6.45, 7) is 5.26. The minimum atomic E-state index is -0.995. The first-order valence-corrected chi connectivity index (χ1v) is 11.9. The number of halogens is 1. The Kier molecular flexibility index (Phi) is 9.18. The lowest BCUT2D eigenvalue weighted by atomic mass is 10.1. The maximum Gasteiger partial charge on any atom is 0.252 e. The first-order valence-electron chi connectivity index (χ1n) is 11.9. The van der Waals surface area contributed by atoms with Crippen molar-refractivity contribution < 1.29 is 23.5 Å². The van der Waals surface area contributed by atoms with E-state index >= 15 is 0 Å². The second kappa shape index (κ2) is 12.3. The molecule has 1 fully saturated rings. The topological polar surface area (TPSA) is 101 Å². The van der Waals surface area contributed by atoms with Gasteiger partial charge in [-0.3, -0.25) is 19.4 Å². The van der Waals surface area contributed by atoms with Crippen molar-refractivity contribution in [3.8, 4) is 5.75 Å². The van der Waals surface area contributed by atoms with Crippen molar-refractivity contribution in [2.24, 2.45) is 5.92 Å². The van der Waals surface area contributed by atoms with Gasteiger partial charge in [0, 0.05) is 30.6 Å². The van der Waals surface area contributed by atoms with Crippen molar-refractivity contribution in [2.45, 2.75) is 45.7 Å².